The third-order valence-corrected chi connectivity index (χ3v) is 2.04. The zero-order chi connectivity index (χ0) is 11.0. The molecule has 0 aliphatic carbocycles. The zero-order valence-electron chi connectivity index (χ0n) is 9.42. The van der Waals surface area contributed by atoms with Gasteiger partial charge in [-0.15, -0.1) is 0 Å². The molecule has 0 rings (SSSR count). The van der Waals surface area contributed by atoms with Crippen molar-refractivity contribution >= 4 is 5.91 Å². The summed E-state index contributed by atoms with van der Waals surface area (Å²) in [5.74, 6) is 0.121. The van der Waals surface area contributed by atoms with E-state index >= 15 is 0 Å². The summed E-state index contributed by atoms with van der Waals surface area (Å²) >= 11 is 0. The predicted octanol–water partition coefficient (Wildman–Crippen LogP) is 1.44. The van der Waals surface area contributed by atoms with Crippen molar-refractivity contribution in [2.24, 2.45) is 11.7 Å². The van der Waals surface area contributed by atoms with E-state index in [4.69, 9.17) is 5.73 Å². The number of hydrogen-bond acceptors (Lipinski definition) is 2. The quantitative estimate of drug-likeness (QED) is 0.635. The molecule has 3 N–H and O–H groups in total. The van der Waals surface area contributed by atoms with Gasteiger partial charge in [0.1, 0.15) is 0 Å². The Hall–Kier alpha value is -0.830. The monoisotopic (exact) mass is 198 g/mol. The van der Waals surface area contributed by atoms with Crippen LogP contribution in [-0.2, 0) is 4.79 Å². The van der Waals surface area contributed by atoms with Crippen LogP contribution in [0.2, 0.25) is 0 Å². The van der Waals surface area contributed by atoms with Gasteiger partial charge in [0.15, 0.2) is 0 Å². The van der Waals surface area contributed by atoms with Gasteiger partial charge in [0.25, 0.3) is 0 Å². The fraction of sp³-hybridized carbons (Fsp3) is 0.727. The van der Waals surface area contributed by atoms with Crippen LogP contribution in [0.4, 0.5) is 0 Å². The van der Waals surface area contributed by atoms with E-state index in [0.717, 1.165) is 12.8 Å². The maximum atomic E-state index is 11.3. The first-order valence-corrected chi connectivity index (χ1v) is 5.27. The average molecular weight is 198 g/mol. The van der Waals surface area contributed by atoms with Crippen molar-refractivity contribution in [3.8, 4) is 0 Å². The van der Waals surface area contributed by atoms with E-state index in [1.54, 1.807) is 0 Å². The van der Waals surface area contributed by atoms with Crippen LogP contribution >= 0.6 is 0 Å². The molecule has 0 aliphatic rings. The number of rotatable bonds is 6. The summed E-state index contributed by atoms with van der Waals surface area (Å²) in [7, 11) is 0. The van der Waals surface area contributed by atoms with E-state index in [1.165, 1.54) is 0 Å². The van der Waals surface area contributed by atoms with E-state index in [1.807, 2.05) is 19.9 Å². The van der Waals surface area contributed by atoms with Gasteiger partial charge in [-0.2, -0.15) is 0 Å². The SMILES string of the molecule is CCCC=CCNC(=O)[C@@H](N)C(C)C. The van der Waals surface area contributed by atoms with Gasteiger partial charge >= 0.3 is 0 Å². The zero-order valence-corrected chi connectivity index (χ0v) is 9.42. The second kappa shape index (κ2) is 7.56. The number of unbranched alkanes of at least 4 members (excludes halogenated alkanes) is 1. The topological polar surface area (TPSA) is 55.1 Å². The minimum Gasteiger partial charge on any atom is -0.351 e. The van der Waals surface area contributed by atoms with Gasteiger partial charge < -0.3 is 11.1 Å². The molecule has 1 amide bonds. The first kappa shape index (κ1) is 13.2. The lowest BCUT2D eigenvalue weighted by atomic mass is 10.1. The number of amides is 1. The standard InChI is InChI=1S/C11H22N2O/c1-4-5-6-7-8-13-11(14)10(12)9(2)3/h6-7,9-10H,4-5,8,12H2,1-3H3,(H,13,14)/t10-/m0/s1. The lowest BCUT2D eigenvalue weighted by Crippen LogP contribution is -2.43. The van der Waals surface area contributed by atoms with Crippen LogP contribution in [0.3, 0.4) is 0 Å². The third kappa shape index (κ3) is 5.75. The summed E-state index contributed by atoms with van der Waals surface area (Å²) < 4.78 is 0. The Morgan fingerprint density at radius 3 is 2.57 bits per heavy atom. The molecular weight excluding hydrogens is 176 g/mol. The molecule has 0 radical (unpaired) electrons. The van der Waals surface area contributed by atoms with Crippen molar-refractivity contribution in [3.63, 3.8) is 0 Å². The van der Waals surface area contributed by atoms with Gasteiger partial charge in [-0.05, 0) is 12.3 Å². The lowest BCUT2D eigenvalue weighted by molar-refractivity contribution is -0.123. The summed E-state index contributed by atoms with van der Waals surface area (Å²) in [6.45, 7) is 6.59. The highest BCUT2D eigenvalue weighted by atomic mass is 16.2. The van der Waals surface area contributed by atoms with Crippen LogP contribution in [0, 0.1) is 5.92 Å². The molecule has 3 nitrogen and oxygen atoms in total. The molecule has 0 aliphatic heterocycles. The first-order chi connectivity index (χ1) is 6.59. The van der Waals surface area contributed by atoms with Crippen molar-refractivity contribution in [2.75, 3.05) is 6.54 Å². The maximum absolute atomic E-state index is 11.3. The summed E-state index contributed by atoms with van der Waals surface area (Å²) in [5.41, 5.74) is 5.66. The molecule has 0 spiro atoms. The fourth-order valence-corrected chi connectivity index (χ4v) is 0.948. The van der Waals surface area contributed by atoms with Gasteiger partial charge in [0, 0.05) is 6.54 Å². The van der Waals surface area contributed by atoms with Crippen LogP contribution in [-0.4, -0.2) is 18.5 Å². The van der Waals surface area contributed by atoms with E-state index in [9.17, 15) is 4.79 Å². The fourth-order valence-electron chi connectivity index (χ4n) is 0.948. The van der Waals surface area contributed by atoms with Crippen LogP contribution in [0.5, 0.6) is 0 Å². The number of hydrogen-bond donors (Lipinski definition) is 2. The second-order valence-electron chi connectivity index (χ2n) is 3.78. The van der Waals surface area contributed by atoms with Crippen LogP contribution < -0.4 is 11.1 Å². The van der Waals surface area contributed by atoms with E-state index in [-0.39, 0.29) is 11.8 Å². The Labute approximate surface area is 86.8 Å². The molecular formula is C11H22N2O. The van der Waals surface area contributed by atoms with Crippen molar-refractivity contribution in [1.29, 1.82) is 0 Å². The molecule has 0 bridgehead atoms. The highest BCUT2D eigenvalue weighted by Crippen LogP contribution is 1.97. The normalized spacial score (nSPS) is 13.5. The molecule has 3 heteroatoms. The molecule has 0 unspecified atom stereocenters. The van der Waals surface area contributed by atoms with Gasteiger partial charge in [-0.25, -0.2) is 0 Å². The van der Waals surface area contributed by atoms with Crippen LogP contribution in [0.15, 0.2) is 12.2 Å². The number of carbonyl (C=O) groups is 1. The second-order valence-corrected chi connectivity index (χ2v) is 3.78. The molecule has 1 atom stereocenters. The minimum absolute atomic E-state index is 0.0684. The highest BCUT2D eigenvalue weighted by Gasteiger charge is 2.15. The number of nitrogens with one attached hydrogen (secondary N) is 1. The van der Waals surface area contributed by atoms with Crippen LogP contribution in [0.1, 0.15) is 33.6 Å². The van der Waals surface area contributed by atoms with Gasteiger partial charge in [-0.3, -0.25) is 4.79 Å². The largest absolute Gasteiger partial charge is 0.351 e. The molecule has 0 aromatic heterocycles. The van der Waals surface area contributed by atoms with Gasteiger partial charge in [-0.1, -0.05) is 39.3 Å². The van der Waals surface area contributed by atoms with E-state index in [0.29, 0.717) is 6.54 Å². The number of carbonyl (C=O) groups excluding carboxylic acids is 1. The summed E-state index contributed by atoms with van der Waals surface area (Å²) in [6.07, 6.45) is 6.23. The van der Waals surface area contributed by atoms with Gasteiger partial charge in [0.05, 0.1) is 6.04 Å². The molecule has 0 fully saturated rings. The van der Waals surface area contributed by atoms with Crippen molar-refractivity contribution in [2.45, 2.75) is 39.7 Å². The Bertz CT molecular complexity index is 188. The summed E-state index contributed by atoms with van der Waals surface area (Å²) in [4.78, 5) is 11.3. The molecule has 82 valence electrons. The molecule has 0 heterocycles. The smallest absolute Gasteiger partial charge is 0.237 e. The van der Waals surface area contributed by atoms with Crippen molar-refractivity contribution in [3.05, 3.63) is 12.2 Å². The Morgan fingerprint density at radius 1 is 1.43 bits per heavy atom. The molecule has 0 aromatic carbocycles. The Kier molecular flexibility index (Phi) is 7.11. The predicted molar refractivity (Wildman–Crippen MR) is 59.9 cm³/mol. The Balaban J connectivity index is 3.64. The minimum atomic E-state index is -0.394. The number of allylic oxidation sites excluding steroid dienone is 1. The maximum Gasteiger partial charge on any atom is 0.237 e. The average Bonchev–Trinajstić information content (AvgIpc) is 2.16. The molecule has 0 saturated carbocycles. The summed E-state index contributed by atoms with van der Waals surface area (Å²) in [5, 5.41) is 2.77. The van der Waals surface area contributed by atoms with E-state index in [2.05, 4.69) is 18.3 Å². The summed E-state index contributed by atoms with van der Waals surface area (Å²) in [6, 6.07) is -0.394. The van der Waals surface area contributed by atoms with E-state index < -0.39 is 6.04 Å². The van der Waals surface area contributed by atoms with Crippen molar-refractivity contribution in [1.82, 2.24) is 5.32 Å². The Morgan fingerprint density at radius 2 is 2.07 bits per heavy atom. The molecule has 0 saturated heterocycles. The van der Waals surface area contributed by atoms with Gasteiger partial charge in [0.2, 0.25) is 5.91 Å². The van der Waals surface area contributed by atoms with Crippen molar-refractivity contribution < 1.29 is 4.79 Å². The molecule has 14 heavy (non-hydrogen) atoms. The lowest BCUT2D eigenvalue weighted by Gasteiger charge is -2.14. The number of nitrogens with two attached hydrogens (primary N) is 1. The highest BCUT2D eigenvalue weighted by molar-refractivity contribution is 5.81. The van der Waals surface area contributed by atoms with Crippen LogP contribution in [0.25, 0.3) is 0 Å². The third-order valence-electron chi connectivity index (χ3n) is 2.04. The molecule has 0 aromatic rings. The first-order valence-electron chi connectivity index (χ1n) is 5.27.